The van der Waals surface area contributed by atoms with E-state index in [2.05, 4.69) is 15.5 Å². The minimum atomic E-state index is -2.80. The Balaban J connectivity index is 0.00000156. The standard InChI is InChI=1S/C16H21F2N3O2.2ClH/c17-16(18)9-14(19-11-16)15(22)20-13-3-1-12(2-4-13)10-21-5-7-23-8-6-21;;/h1-4,14,19H,5-11H2,(H,20,22);2*1H. The maximum absolute atomic E-state index is 13.1. The van der Waals surface area contributed by atoms with Gasteiger partial charge in [0, 0.05) is 31.7 Å². The fourth-order valence-corrected chi connectivity index (χ4v) is 2.84. The van der Waals surface area contributed by atoms with Crippen LogP contribution in [0.1, 0.15) is 12.0 Å². The molecular formula is C16H23Cl2F2N3O2. The highest BCUT2D eigenvalue weighted by atomic mass is 35.5. The largest absolute Gasteiger partial charge is 0.379 e. The van der Waals surface area contributed by atoms with E-state index in [9.17, 15) is 13.6 Å². The molecule has 3 rings (SSSR count). The molecular weight excluding hydrogens is 375 g/mol. The van der Waals surface area contributed by atoms with Gasteiger partial charge in [0.25, 0.3) is 5.92 Å². The average molecular weight is 398 g/mol. The van der Waals surface area contributed by atoms with Gasteiger partial charge in [0.05, 0.1) is 25.8 Å². The van der Waals surface area contributed by atoms with Gasteiger partial charge in [-0.2, -0.15) is 0 Å². The van der Waals surface area contributed by atoms with Crippen molar-refractivity contribution >= 4 is 36.4 Å². The molecule has 0 aliphatic carbocycles. The molecule has 0 saturated carbocycles. The SMILES string of the molecule is Cl.Cl.O=C(Nc1ccc(CN2CCOCC2)cc1)C1CC(F)(F)CN1. The van der Waals surface area contributed by atoms with Crippen LogP contribution in [0.25, 0.3) is 0 Å². The predicted octanol–water partition coefficient (Wildman–Crippen LogP) is 2.30. The van der Waals surface area contributed by atoms with E-state index in [4.69, 9.17) is 4.74 Å². The summed E-state index contributed by atoms with van der Waals surface area (Å²) in [5.74, 6) is -3.22. The Morgan fingerprint density at radius 1 is 1.24 bits per heavy atom. The van der Waals surface area contributed by atoms with Crippen molar-refractivity contribution in [3.63, 3.8) is 0 Å². The number of morpholine rings is 1. The highest BCUT2D eigenvalue weighted by Crippen LogP contribution is 2.25. The number of carbonyl (C=O) groups excluding carboxylic acids is 1. The first kappa shape index (κ1) is 22.1. The number of halogens is 4. The van der Waals surface area contributed by atoms with Gasteiger partial charge in [0.15, 0.2) is 0 Å². The zero-order chi connectivity index (χ0) is 16.3. The Hall–Kier alpha value is -0.990. The topological polar surface area (TPSA) is 53.6 Å². The Labute approximate surface area is 158 Å². The van der Waals surface area contributed by atoms with E-state index in [1.165, 1.54) is 0 Å². The fraction of sp³-hybridized carbons (Fsp3) is 0.562. The van der Waals surface area contributed by atoms with E-state index >= 15 is 0 Å². The van der Waals surface area contributed by atoms with E-state index < -0.39 is 30.8 Å². The summed E-state index contributed by atoms with van der Waals surface area (Å²) in [6.45, 7) is 3.75. The predicted molar refractivity (Wildman–Crippen MR) is 97.0 cm³/mol. The number of amides is 1. The molecule has 2 aliphatic heterocycles. The van der Waals surface area contributed by atoms with E-state index in [0.29, 0.717) is 5.69 Å². The second-order valence-electron chi connectivity index (χ2n) is 6.07. The number of nitrogens with one attached hydrogen (secondary N) is 2. The summed E-state index contributed by atoms with van der Waals surface area (Å²) in [4.78, 5) is 14.3. The molecule has 0 aromatic heterocycles. The van der Waals surface area contributed by atoms with Gasteiger partial charge in [-0.05, 0) is 17.7 Å². The van der Waals surface area contributed by atoms with Gasteiger partial charge in [0.1, 0.15) is 0 Å². The molecule has 1 amide bonds. The third kappa shape index (κ3) is 6.34. The smallest absolute Gasteiger partial charge is 0.262 e. The highest BCUT2D eigenvalue weighted by molar-refractivity contribution is 5.95. The molecule has 2 N–H and O–H groups in total. The van der Waals surface area contributed by atoms with Crippen LogP contribution in [0.4, 0.5) is 14.5 Å². The number of benzene rings is 1. The molecule has 1 unspecified atom stereocenters. The number of alkyl halides is 2. The third-order valence-corrected chi connectivity index (χ3v) is 4.16. The summed E-state index contributed by atoms with van der Waals surface area (Å²) in [6.07, 6.45) is -0.450. The monoisotopic (exact) mass is 397 g/mol. The van der Waals surface area contributed by atoms with E-state index in [1.54, 1.807) is 12.1 Å². The van der Waals surface area contributed by atoms with E-state index in [1.807, 2.05) is 12.1 Å². The Bertz CT molecular complexity index is 555. The maximum atomic E-state index is 13.1. The number of rotatable bonds is 4. The normalized spacial score (nSPS) is 22.6. The summed E-state index contributed by atoms with van der Waals surface area (Å²) in [5, 5.41) is 5.24. The molecule has 1 aromatic rings. The van der Waals surface area contributed by atoms with Crippen LogP contribution in [0.15, 0.2) is 24.3 Å². The highest BCUT2D eigenvalue weighted by Gasteiger charge is 2.42. The second-order valence-corrected chi connectivity index (χ2v) is 6.07. The quantitative estimate of drug-likeness (QED) is 0.818. The first-order valence-electron chi connectivity index (χ1n) is 7.83. The van der Waals surface area contributed by atoms with Crippen molar-refractivity contribution in [2.24, 2.45) is 0 Å². The van der Waals surface area contributed by atoms with Crippen molar-refractivity contribution < 1.29 is 18.3 Å². The minimum absolute atomic E-state index is 0. The van der Waals surface area contributed by atoms with Gasteiger partial charge in [0.2, 0.25) is 5.91 Å². The van der Waals surface area contributed by atoms with Gasteiger partial charge >= 0.3 is 0 Å². The van der Waals surface area contributed by atoms with Crippen LogP contribution >= 0.6 is 24.8 Å². The molecule has 9 heteroatoms. The van der Waals surface area contributed by atoms with Crippen molar-refractivity contribution in [3.05, 3.63) is 29.8 Å². The van der Waals surface area contributed by atoms with Crippen molar-refractivity contribution in [3.8, 4) is 0 Å². The number of hydrogen-bond donors (Lipinski definition) is 2. The first-order valence-corrected chi connectivity index (χ1v) is 7.83. The number of hydrogen-bond acceptors (Lipinski definition) is 4. The lowest BCUT2D eigenvalue weighted by Crippen LogP contribution is -2.36. The number of carbonyl (C=O) groups is 1. The fourth-order valence-electron chi connectivity index (χ4n) is 2.84. The number of anilines is 1. The summed E-state index contributed by atoms with van der Waals surface area (Å²) < 4.78 is 31.5. The van der Waals surface area contributed by atoms with Crippen LogP contribution in [0, 0.1) is 0 Å². The molecule has 2 heterocycles. The summed E-state index contributed by atoms with van der Waals surface area (Å²) in [7, 11) is 0. The lowest BCUT2D eigenvalue weighted by molar-refractivity contribution is -0.118. The number of nitrogens with zero attached hydrogens (tertiary/aromatic N) is 1. The van der Waals surface area contributed by atoms with Gasteiger partial charge < -0.3 is 10.1 Å². The average Bonchev–Trinajstić information content (AvgIpc) is 2.90. The van der Waals surface area contributed by atoms with Gasteiger partial charge in [-0.15, -0.1) is 24.8 Å². The summed E-state index contributed by atoms with van der Waals surface area (Å²) >= 11 is 0. The van der Waals surface area contributed by atoms with E-state index in [0.717, 1.165) is 38.4 Å². The molecule has 0 bridgehead atoms. The van der Waals surface area contributed by atoms with Crippen LogP contribution in [-0.2, 0) is 16.1 Å². The zero-order valence-corrected chi connectivity index (χ0v) is 15.3. The van der Waals surface area contributed by atoms with Crippen LogP contribution in [0.3, 0.4) is 0 Å². The second kappa shape index (κ2) is 9.64. The number of ether oxygens (including phenoxy) is 1. The van der Waals surface area contributed by atoms with Gasteiger partial charge in [-0.1, -0.05) is 12.1 Å². The molecule has 142 valence electrons. The van der Waals surface area contributed by atoms with Gasteiger partial charge in [-0.3, -0.25) is 15.0 Å². The molecule has 1 atom stereocenters. The van der Waals surface area contributed by atoms with Gasteiger partial charge in [-0.25, -0.2) is 8.78 Å². The van der Waals surface area contributed by atoms with Crippen LogP contribution in [0.2, 0.25) is 0 Å². The molecule has 25 heavy (non-hydrogen) atoms. The Kier molecular flexibility index (Phi) is 8.50. The minimum Gasteiger partial charge on any atom is -0.379 e. The lowest BCUT2D eigenvalue weighted by atomic mass is 10.1. The Morgan fingerprint density at radius 3 is 2.44 bits per heavy atom. The maximum Gasteiger partial charge on any atom is 0.262 e. The molecule has 1 aromatic carbocycles. The van der Waals surface area contributed by atoms with Crippen molar-refractivity contribution in [1.29, 1.82) is 0 Å². The van der Waals surface area contributed by atoms with Crippen molar-refractivity contribution in [2.45, 2.75) is 24.9 Å². The van der Waals surface area contributed by atoms with Crippen LogP contribution in [0.5, 0.6) is 0 Å². The molecule has 0 radical (unpaired) electrons. The molecule has 0 spiro atoms. The third-order valence-electron chi connectivity index (χ3n) is 4.16. The van der Waals surface area contributed by atoms with Crippen molar-refractivity contribution in [1.82, 2.24) is 10.2 Å². The summed E-state index contributed by atoms with van der Waals surface area (Å²) in [5.41, 5.74) is 1.77. The zero-order valence-electron chi connectivity index (χ0n) is 13.7. The summed E-state index contributed by atoms with van der Waals surface area (Å²) in [6, 6.07) is 6.67. The molecule has 5 nitrogen and oxygen atoms in total. The van der Waals surface area contributed by atoms with Crippen LogP contribution in [-0.4, -0.2) is 55.6 Å². The molecule has 2 fully saturated rings. The van der Waals surface area contributed by atoms with E-state index in [-0.39, 0.29) is 24.8 Å². The van der Waals surface area contributed by atoms with Crippen LogP contribution < -0.4 is 10.6 Å². The molecule has 2 aliphatic rings. The Morgan fingerprint density at radius 2 is 1.88 bits per heavy atom. The van der Waals surface area contributed by atoms with Crippen molar-refractivity contribution in [2.75, 3.05) is 38.2 Å². The lowest BCUT2D eigenvalue weighted by Gasteiger charge is -2.26. The molecule has 2 saturated heterocycles. The first-order chi connectivity index (χ1) is 11.0.